The molecular formula is C21H21FN2O7S. The van der Waals surface area contributed by atoms with Gasteiger partial charge in [0.15, 0.2) is 23.7 Å². The number of halogens is 1. The number of thioether (sulfide) groups is 1. The molecule has 1 aliphatic rings. The molecule has 0 unspecified atom stereocenters. The van der Waals surface area contributed by atoms with E-state index >= 15 is 0 Å². The van der Waals surface area contributed by atoms with Crippen LogP contribution in [0, 0.1) is 5.95 Å². The fourth-order valence-corrected chi connectivity index (χ4v) is 4.34. The lowest BCUT2D eigenvalue weighted by Crippen LogP contribution is -2.55. The monoisotopic (exact) mass is 464 g/mol. The molecule has 0 bridgehead atoms. The van der Waals surface area contributed by atoms with Crippen molar-refractivity contribution >= 4 is 29.7 Å². The molecule has 0 N–H and O–H groups in total. The second kappa shape index (κ2) is 10.4. The predicted octanol–water partition coefficient (Wildman–Crippen LogP) is 2.53. The number of aromatic nitrogens is 2. The Morgan fingerprint density at radius 3 is 2.25 bits per heavy atom. The van der Waals surface area contributed by atoms with Crippen molar-refractivity contribution in [2.75, 3.05) is 5.75 Å². The van der Waals surface area contributed by atoms with E-state index in [2.05, 4.69) is 9.97 Å². The molecule has 170 valence electrons. The highest BCUT2D eigenvalue weighted by Crippen LogP contribution is 2.34. The number of hydrogen-bond donors (Lipinski definition) is 0. The van der Waals surface area contributed by atoms with Crippen LogP contribution in [0.25, 0.3) is 11.3 Å². The van der Waals surface area contributed by atoms with E-state index < -0.39 is 47.6 Å². The minimum Gasteiger partial charge on any atom is -0.474 e. The molecule has 3 rings (SSSR count). The van der Waals surface area contributed by atoms with Gasteiger partial charge in [-0.25, -0.2) is 4.98 Å². The summed E-state index contributed by atoms with van der Waals surface area (Å²) in [7, 11) is 0. The Hall–Kier alpha value is -3.21. The average molecular weight is 464 g/mol. The molecule has 2 aromatic heterocycles. The van der Waals surface area contributed by atoms with Crippen LogP contribution < -0.4 is 4.74 Å². The van der Waals surface area contributed by atoms with Crippen LogP contribution in [0.3, 0.4) is 0 Å². The first-order valence-electron chi connectivity index (χ1n) is 9.61. The Morgan fingerprint density at radius 1 is 0.969 bits per heavy atom. The molecule has 11 heteroatoms. The van der Waals surface area contributed by atoms with Gasteiger partial charge in [0, 0.05) is 44.4 Å². The van der Waals surface area contributed by atoms with Gasteiger partial charge < -0.3 is 18.9 Å². The number of hydrogen-bond acceptors (Lipinski definition) is 10. The summed E-state index contributed by atoms with van der Waals surface area (Å²) < 4.78 is 35.3. The molecule has 4 atom stereocenters. The molecule has 0 aliphatic carbocycles. The summed E-state index contributed by atoms with van der Waals surface area (Å²) in [5, 5.41) is 0. The highest BCUT2D eigenvalue weighted by Gasteiger charge is 2.47. The second-order valence-electron chi connectivity index (χ2n) is 6.86. The van der Waals surface area contributed by atoms with Gasteiger partial charge in [0.05, 0.1) is 11.9 Å². The topological polar surface area (TPSA) is 114 Å². The number of esters is 3. The van der Waals surface area contributed by atoms with E-state index in [-0.39, 0.29) is 5.75 Å². The van der Waals surface area contributed by atoms with Gasteiger partial charge in [0.1, 0.15) is 5.75 Å². The molecule has 0 spiro atoms. The fourth-order valence-electron chi connectivity index (χ4n) is 3.13. The number of nitrogens with zero attached hydrogens (tertiary/aromatic N) is 2. The molecule has 1 aliphatic heterocycles. The summed E-state index contributed by atoms with van der Waals surface area (Å²) in [4.78, 5) is 42.6. The van der Waals surface area contributed by atoms with Crippen LogP contribution in [0.15, 0.2) is 36.7 Å². The van der Waals surface area contributed by atoms with Gasteiger partial charge in [0.25, 0.3) is 0 Å². The third-order valence-corrected chi connectivity index (χ3v) is 5.53. The van der Waals surface area contributed by atoms with Crippen molar-refractivity contribution in [3.8, 4) is 17.0 Å². The van der Waals surface area contributed by atoms with Crippen LogP contribution in [0.1, 0.15) is 20.8 Å². The Labute approximate surface area is 187 Å². The summed E-state index contributed by atoms with van der Waals surface area (Å²) in [5.74, 6) is -1.80. The number of ether oxygens (including phenoxy) is 4. The molecule has 0 amide bonds. The highest BCUT2D eigenvalue weighted by atomic mass is 32.2. The maximum atomic E-state index is 13.4. The second-order valence-corrected chi connectivity index (χ2v) is 7.99. The first-order chi connectivity index (χ1) is 15.2. The minimum absolute atomic E-state index is 0.252. The lowest BCUT2D eigenvalue weighted by Gasteiger charge is -2.39. The van der Waals surface area contributed by atoms with E-state index in [0.717, 1.165) is 0 Å². The van der Waals surface area contributed by atoms with E-state index in [1.54, 1.807) is 18.2 Å². The third kappa shape index (κ3) is 6.16. The zero-order valence-electron chi connectivity index (χ0n) is 17.5. The molecule has 1 saturated heterocycles. The van der Waals surface area contributed by atoms with Crippen LogP contribution in [-0.4, -0.2) is 57.4 Å². The first kappa shape index (κ1) is 23.5. The highest BCUT2D eigenvalue weighted by molar-refractivity contribution is 7.99. The van der Waals surface area contributed by atoms with E-state index in [1.165, 1.54) is 51.0 Å². The van der Waals surface area contributed by atoms with Gasteiger partial charge in [-0.2, -0.15) is 4.39 Å². The van der Waals surface area contributed by atoms with Crippen molar-refractivity contribution in [3.05, 3.63) is 42.6 Å². The summed E-state index contributed by atoms with van der Waals surface area (Å²) >= 11 is 1.24. The number of carbonyl (C=O) groups is 3. The van der Waals surface area contributed by atoms with Crippen molar-refractivity contribution in [2.45, 2.75) is 44.5 Å². The first-order valence-corrected chi connectivity index (χ1v) is 10.7. The van der Waals surface area contributed by atoms with Crippen molar-refractivity contribution in [1.29, 1.82) is 0 Å². The van der Waals surface area contributed by atoms with Crippen molar-refractivity contribution < 1.29 is 37.7 Å². The maximum Gasteiger partial charge on any atom is 0.303 e. The summed E-state index contributed by atoms with van der Waals surface area (Å²) in [6.45, 7) is 3.66. The zero-order valence-corrected chi connectivity index (χ0v) is 18.3. The molecule has 0 saturated carbocycles. The standard InChI is InChI=1S/C21H21FN2O7S/c1-11(25)28-17-10-32-21(20(30-13(3)27)19(17)29-12(2)26)31-15-4-5-16(24-9-15)14-6-7-23-18(22)8-14/h4-9,17,19-21H,10H2,1-3H3/t17-,19+,20-,21+/m1/s1. The van der Waals surface area contributed by atoms with Crippen LogP contribution >= 0.6 is 11.8 Å². The summed E-state index contributed by atoms with van der Waals surface area (Å²) in [6.07, 6.45) is -0.106. The number of carbonyl (C=O) groups excluding carboxylic acids is 3. The molecule has 0 radical (unpaired) electrons. The van der Waals surface area contributed by atoms with Gasteiger partial charge in [-0.1, -0.05) is 0 Å². The van der Waals surface area contributed by atoms with Gasteiger partial charge in [0.2, 0.25) is 5.95 Å². The van der Waals surface area contributed by atoms with Crippen LogP contribution in [-0.2, 0) is 28.6 Å². The molecule has 9 nitrogen and oxygen atoms in total. The van der Waals surface area contributed by atoms with Crippen molar-refractivity contribution in [2.24, 2.45) is 0 Å². The molecule has 32 heavy (non-hydrogen) atoms. The molecule has 3 heterocycles. The quantitative estimate of drug-likeness (QED) is 0.359. The predicted molar refractivity (Wildman–Crippen MR) is 111 cm³/mol. The Balaban J connectivity index is 1.81. The lowest BCUT2D eigenvalue weighted by molar-refractivity contribution is -0.186. The van der Waals surface area contributed by atoms with E-state index in [9.17, 15) is 18.8 Å². The zero-order chi connectivity index (χ0) is 23.3. The fraction of sp³-hybridized carbons (Fsp3) is 0.381. The van der Waals surface area contributed by atoms with Gasteiger partial charge >= 0.3 is 17.9 Å². The average Bonchev–Trinajstić information content (AvgIpc) is 2.72. The Morgan fingerprint density at radius 2 is 1.66 bits per heavy atom. The van der Waals surface area contributed by atoms with Crippen molar-refractivity contribution in [1.82, 2.24) is 9.97 Å². The summed E-state index contributed by atoms with van der Waals surface area (Å²) in [6, 6.07) is 6.16. The van der Waals surface area contributed by atoms with E-state index in [4.69, 9.17) is 18.9 Å². The number of rotatable bonds is 6. The molecular weight excluding hydrogens is 443 g/mol. The SMILES string of the molecule is CC(=O)O[C@@H]1[C@@H](OC(C)=O)[C@@H](Oc2ccc(-c3ccnc(F)c3)nc2)SC[C@H]1OC(C)=O. The normalized spacial score (nSPS) is 22.5. The maximum absolute atomic E-state index is 13.4. The Kier molecular flexibility index (Phi) is 7.62. The van der Waals surface area contributed by atoms with Gasteiger partial charge in [-0.3, -0.25) is 19.4 Å². The van der Waals surface area contributed by atoms with Crippen LogP contribution in [0.2, 0.25) is 0 Å². The molecule has 0 aromatic carbocycles. The van der Waals surface area contributed by atoms with Crippen molar-refractivity contribution in [3.63, 3.8) is 0 Å². The summed E-state index contributed by atoms with van der Waals surface area (Å²) in [5.41, 5.74) is 0.299. The number of pyridine rings is 2. The largest absolute Gasteiger partial charge is 0.474 e. The minimum atomic E-state index is -1.04. The van der Waals surface area contributed by atoms with Gasteiger partial charge in [-0.15, -0.1) is 11.8 Å². The molecule has 1 fully saturated rings. The molecule has 2 aromatic rings. The third-order valence-electron chi connectivity index (χ3n) is 4.32. The van der Waals surface area contributed by atoms with Crippen LogP contribution in [0.5, 0.6) is 5.75 Å². The van der Waals surface area contributed by atoms with E-state index in [1.807, 2.05) is 0 Å². The van der Waals surface area contributed by atoms with Gasteiger partial charge in [-0.05, 0) is 18.2 Å². The lowest BCUT2D eigenvalue weighted by atomic mass is 10.1. The Bertz CT molecular complexity index is 988. The van der Waals surface area contributed by atoms with E-state index in [0.29, 0.717) is 17.0 Å². The smallest absolute Gasteiger partial charge is 0.303 e. The van der Waals surface area contributed by atoms with Crippen LogP contribution in [0.4, 0.5) is 4.39 Å².